The lowest BCUT2D eigenvalue weighted by atomic mass is 10.1. The third-order valence-electron chi connectivity index (χ3n) is 4.67. The molecule has 0 bridgehead atoms. The molecule has 0 atom stereocenters. The standard InChI is InChI=1S/C20H26N4O/c1-13(2)12-23(5)19(25)11-10-16-14(3)21-20-17-8-6-7-9-18(17)22-24(20)15(16)4/h6-9,13H,10-12H2,1-5H3. The molecule has 3 rings (SSSR count). The van der Waals surface area contributed by atoms with Crippen molar-refractivity contribution in [2.24, 2.45) is 5.92 Å². The highest BCUT2D eigenvalue weighted by Crippen LogP contribution is 2.23. The number of rotatable bonds is 5. The molecule has 1 aromatic carbocycles. The molecule has 5 heteroatoms. The van der Waals surface area contributed by atoms with Crippen molar-refractivity contribution >= 4 is 22.5 Å². The highest BCUT2D eigenvalue weighted by atomic mass is 16.2. The van der Waals surface area contributed by atoms with Gasteiger partial charge in [-0.15, -0.1) is 0 Å². The summed E-state index contributed by atoms with van der Waals surface area (Å²) in [5.74, 6) is 0.658. The minimum absolute atomic E-state index is 0.179. The molecular formula is C20H26N4O. The number of aryl methyl sites for hydroxylation is 2. The zero-order valence-electron chi connectivity index (χ0n) is 15.7. The number of amides is 1. The molecule has 0 fully saturated rings. The zero-order chi connectivity index (χ0) is 18.1. The Morgan fingerprint density at radius 1 is 1.24 bits per heavy atom. The van der Waals surface area contributed by atoms with Gasteiger partial charge in [0.1, 0.15) is 0 Å². The van der Waals surface area contributed by atoms with E-state index in [0.717, 1.165) is 40.0 Å². The molecule has 0 aliphatic carbocycles. The van der Waals surface area contributed by atoms with E-state index < -0.39 is 0 Å². The van der Waals surface area contributed by atoms with Crippen LogP contribution in [0.15, 0.2) is 24.3 Å². The number of hydrogen-bond donors (Lipinski definition) is 0. The maximum absolute atomic E-state index is 12.4. The van der Waals surface area contributed by atoms with Gasteiger partial charge in [-0.2, -0.15) is 5.10 Å². The van der Waals surface area contributed by atoms with Gasteiger partial charge in [-0.1, -0.05) is 26.0 Å². The van der Waals surface area contributed by atoms with E-state index in [0.29, 0.717) is 18.8 Å². The highest BCUT2D eigenvalue weighted by Gasteiger charge is 2.16. The highest BCUT2D eigenvalue weighted by molar-refractivity contribution is 5.92. The summed E-state index contributed by atoms with van der Waals surface area (Å²) in [6.45, 7) is 9.12. The summed E-state index contributed by atoms with van der Waals surface area (Å²) in [5, 5.41) is 5.74. The summed E-state index contributed by atoms with van der Waals surface area (Å²) in [6, 6.07) is 8.05. The Bertz CT molecular complexity index is 926. The first-order valence-electron chi connectivity index (χ1n) is 8.86. The Hall–Kier alpha value is -2.43. The van der Waals surface area contributed by atoms with E-state index >= 15 is 0 Å². The quantitative estimate of drug-likeness (QED) is 0.715. The molecule has 25 heavy (non-hydrogen) atoms. The minimum atomic E-state index is 0.179. The first kappa shape index (κ1) is 17.4. The van der Waals surface area contributed by atoms with Gasteiger partial charge < -0.3 is 4.90 Å². The van der Waals surface area contributed by atoms with Crippen LogP contribution < -0.4 is 0 Å². The van der Waals surface area contributed by atoms with Crippen LogP contribution in [0, 0.1) is 19.8 Å². The van der Waals surface area contributed by atoms with E-state index in [9.17, 15) is 4.79 Å². The SMILES string of the molecule is Cc1nc2c3ccccc3nn2c(C)c1CCC(=O)N(C)CC(C)C. The predicted octanol–water partition coefficient (Wildman–Crippen LogP) is 3.55. The molecule has 3 aromatic rings. The van der Waals surface area contributed by atoms with Gasteiger partial charge in [-0.05, 0) is 43.9 Å². The molecule has 0 N–H and O–H groups in total. The number of benzene rings is 1. The number of nitrogens with zero attached hydrogens (tertiary/aromatic N) is 4. The van der Waals surface area contributed by atoms with E-state index in [-0.39, 0.29) is 5.91 Å². The molecule has 0 spiro atoms. The van der Waals surface area contributed by atoms with Crippen molar-refractivity contribution in [3.8, 4) is 0 Å². The summed E-state index contributed by atoms with van der Waals surface area (Å²) >= 11 is 0. The molecule has 0 aliphatic rings. The number of hydrogen-bond acceptors (Lipinski definition) is 3. The maximum Gasteiger partial charge on any atom is 0.222 e. The molecule has 0 saturated heterocycles. The molecule has 0 aliphatic heterocycles. The van der Waals surface area contributed by atoms with Crippen LogP contribution in [0.25, 0.3) is 16.6 Å². The van der Waals surface area contributed by atoms with Crippen LogP contribution in [0.3, 0.4) is 0 Å². The number of carbonyl (C=O) groups excluding carboxylic acids is 1. The van der Waals surface area contributed by atoms with Crippen LogP contribution in [-0.4, -0.2) is 39.0 Å². The molecule has 2 aromatic heterocycles. The zero-order valence-corrected chi connectivity index (χ0v) is 15.7. The second-order valence-electron chi connectivity index (χ2n) is 7.18. The van der Waals surface area contributed by atoms with E-state index in [1.807, 2.05) is 47.7 Å². The summed E-state index contributed by atoms with van der Waals surface area (Å²) < 4.78 is 1.91. The van der Waals surface area contributed by atoms with Gasteiger partial charge in [0.15, 0.2) is 5.65 Å². The fraction of sp³-hybridized carbons (Fsp3) is 0.450. The molecule has 2 heterocycles. The van der Waals surface area contributed by atoms with Crippen LogP contribution >= 0.6 is 0 Å². The summed E-state index contributed by atoms with van der Waals surface area (Å²) in [6.07, 6.45) is 1.19. The molecule has 0 unspecified atom stereocenters. The maximum atomic E-state index is 12.4. The van der Waals surface area contributed by atoms with Crippen molar-refractivity contribution < 1.29 is 4.79 Å². The summed E-state index contributed by atoms with van der Waals surface area (Å²) in [7, 11) is 1.88. The second-order valence-corrected chi connectivity index (χ2v) is 7.18. The van der Waals surface area contributed by atoms with Gasteiger partial charge >= 0.3 is 0 Å². The topological polar surface area (TPSA) is 50.5 Å². The fourth-order valence-corrected chi connectivity index (χ4v) is 3.41. The average molecular weight is 338 g/mol. The van der Waals surface area contributed by atoms with Crippen LogP contribution in [0.2, 0.25) is 0 Å². The molecule has 132 valence electrons. The molecular weight excluding hydrogens is 312 g/mol. The summed E-state index contributed by atoms with van der Waals surface area (Å²) in [4.78, 5) is 19.0. The lowest BCUT2D eigenvalue weighted by Gasteiger charge is -2.20. The third kappa shape index (κ3) is 3.36. The summed E-state index contributed by atoms with van der Waals surface area (Å²) in [5.41, 5.74) is 5.00. The smallest absolute Gasteiger partial charge is 0.222 e. The monoisotopic (exact) mass is 338 g/mol. The molecule has 0 radical (unpaired) electrons. The normalized spacial score (nSPS) is 11.6. The fourth-order valence-electron chi connectivity index (χ4n) is 3.41. The van der Waals surface area contributed by atoms with Crippen LogP contribution in [0.1, 0.15) is 37.2 Å². The van der Waals surface area contributed by atoms with Crippen molar-refractivity contribution in [2.45, 2.75) is 40.5 Å². The van der Waals surface area contributed by atoms with Gasteiger partial charge in [0.2, 0.25) is 5.91 Å². The molecule has 5 nitrogen and oxygen atoms in total. The van der Waals surface area contributed by atoms with Gasteiger partial charge in [-0.25, -0.2) is 9.50 Å². The first-order valence-corrected chi connectivity index (χ1v) is 8.86. The Kier molecular flexibility index (Phi) is 4.75. The van der Waals surface area contributed by atoms with Gasteiger partial charge in [0.05, 0.1) is 5.52 Å². The molecule has 0 saturated carbocycles. The van der Waals surface area contributed by atoms with Crippen LogP contribution in [0.4, 0.5) is 0 Å². The largest absolute Gasteiger partial charge is 0.345 e. The van der Waals surface area contributed by atoms with Crippen LogP contribution in [0.5, 0.6) is 0 Å². The predicted molar refractivity (Wildman–Crippen MR) is 101 cm³/mol. The Morgan fingerprint density at radius 2 is 1.96 bits per heavy atom. The average Bonchev–Trinajstić information content (AvgIpc) is 2.93. The second kappa shape index (κ2) is 6.82. The lowest BCUT2D eigenvalue weighted by Crippen LogP contribution is -2.30. The number of aromatic nitrogens is 3. The first-order chi connectivity index (χ1) is 11.9. The molecule has 1 amide bonds. The van der Waals surface area contributed by atoms with Gasteiger partial charge in [0.25, 0.3) is 0 Å². The van der Waals surface area contributed by atoms with E-state index in [4.69, 9.17) is 4.98 Å². The van der Waals surface area contributed by atoms with Crippen LogP contribution in [-0.2, 0) is 11.2 Å². The number of fused-ring (bicyclic) bond motifs is 3. The third-order valence-corrected chi connectivity index (χ3v) is 4.67. The van der Waals surface area contributed by atoms with Crippen molar-refractivity contribution in [1.82, 2.24) is 19.5 Å². The Morgan fingerprint density at radius 3 is 2.68 bits per heavy atom. The van der Waals surface area contributed by atoms with Gasteiger partial charge in [0, 0.05) is 36.8 Å². The Balaban J connectivity index is 1.89. The van der Waals surface area contributed by atoms with Crippen molar-refractivity contribution in [3.05, 3.63) is 41.2 Å². The van der Waals surface area contributed by atoms with Gasteiger partial charge in [-0.3, -0.25) is 4.79 Å². The van der Waals surface area contributed by atoms with E-state index in [2.05, 4.69) is 25.9 Å². The van der Waals surface area contributed by atoms with E-state index in [1.165, 1.54) is 0 Å². The number of carbonyl (C=O) groups is 1. The lowest BCUT2D eigenvalue weighted by molar-refractivity contribution is -0.130. The van der Waals surface area contributed by atoms with E-state index in [1.54, 1.807) is 0 Å². The van der Waals surface area contributed by atoms with Crippen molar-refractivity contribution in [1.29, 1.82) is 0 Å². The van der Waals surface area contributed by atoms with Crippen molar-refractivity contribution in [2.75, 3.05) is 13.6 Å². The van der Waals surface area contributed by atoms with Crippen molar-refractivity contribution in [3.63, 3.8) is 0 Å². The minimum Gasteiger partial charge on any atom is -0.345 e. The Labute approximate surface area is 148 Å².